The second-order valence-corrected chi connectivity index (χ2v) is 5.17. The Balaban J connectivity index is 2.39. The van der Waals surface area contributed by atoms with Gasteiger partial charge in [-0.15, -0.1) is 0 Å². The number of hydrogen-bond acceptors (Lipinski definition) is 5. The van der Waals surface area contributed by atoms with Crippen molar-refractivity contribution in [1.82, 2.24) is 0 Å². The lowest BCUT2D eigenvalue weighted by molar-refractivity contribution is -0.385. The molecule has 0 amide bonds. The number of nitro groups is 1. The Kier molecular flexibility index (Phi) is 3.82. The van der Waals surface area contributed by atoms with Crippen LogP contribution in [-0.2, 0) is 0 Å². The summed E-state index contributed by atoms with van der Waals surface area (Å²) in [5, 5.41) is 20.7. The summed E-state index contributed by atoms with van der Waals surface area (Å²) in [6, 6.07) is 8.64. The van der Waals surface area contributed by atoms with E-state index in [9.17, 15) is 15.2 Å². The van der Waals surface area contributed by atoms with Crippen molar-refractivity contribution < 1.29 is 14.8 Å². The summed E-state index contributed by atoms with van der Waals surface area (Å²) < 4.78 is 5.60. The molecule has 0 unspecified atom stereocenters. The first-order chi connectivity index (χ1) is 8.99. The van der Waals surface area contributed by atoms with Gasteiger partial charge in [0.05, 0.1) is 11.0 Å². The van der Waals surface area contributed by atoms with E-state index in [1.807, 2.05) is 19.1 Å². The molecule has 0 bridgehead atoms. The van der Waals surface area contributed by atoms with Crippen LogP contribution < -0.4 is 4.74 Å². The lowest BCUT2D eigenvalue weighted by Gasteiger charge is -2.05. The molecule has 1 aromatic carbocycles. The van der Waals surface area contributed by atoms with Crippen molar-refractivity contribution in [3.05, 3.63) is 50.9 Å². The molecule has 0 fully saturated rings. The Hall–Kier alpha value is -1.92. The molecule has 1 aromatic heterocycles. The molecule has 1 N–H and O–H groups in total. The molecule has 0 aliphatic rings. The smallest absolute Gasteiger partial charge is 0.323 e. The summed E-state index contributed by atoms with van der Waals surface area (Å²) in [4.78, 5) is 11.0. The number of ether oxygens (including phenoxy) is 1. The van der Waals surface area contributed by atoms with Gasteiger partial charge in [0, 0.05) is 10.9 Å². The molecule has 2 aromatic rings. The van der Waals surface area contributed by atoms with Crippen LogP contribution in [0.25, 0.3) is 0 Å². The van der Waals surface area contributed by atoms with Gasteiger partial charge in [0.1, 0.15) is 5.75 Å². The average molecular weight is 279 g/mol. The molecule has 1 heterocycles. The highest BCUT2D eigenvalue weighted by Crippen LogP contribution is 2.42. The van der Waals surface area contributed by atoms with Crippen LogP contribution in [0.3, 0.4) is 0 Å². The molecule has 6 heteroatoms. The molecule has 5 nitrogen and oxygen atoms in total. The Bertz CT molecular complexity index is 606. The third kappa shape index (κ3) is 2.91. The zero-order valence-electron chi connectivity index (χ0n) is 10.5. The van der Waals surface area contributed by atoms with Crippen LogP contribution in [0.5, 0.6) is 10.8 Å². The highest BCUT2D eigenvalue weighted by Gasteiger charge is 2.23. The lowest BCUT2D eigenvalue weighted by atomic mass is 10.2. The van der Waals surface area contributed by atoms with E-state index in [1.54, 1.807) is 19.1 Å². The fourth-order valence-corrected chi connectivity index (χ4v) is 2.48. The van der Waals surface area contributed by atoms with Gasteiger partial charge >= 0.3 is 5.69 Å². The van der Waals surface area contributed by atoms with Crippen LogP contribution in [0.4, 0.5) is 5.69 Å². The third-order valence-electron chi connectivity index (χ3n) is 2.60. The Morgan fingerprint density at radius 2 is 2.11 bits per heavy atom. The van der Waals surface area contributed by atoms with E-state index in [-0.39, 0.29) is 10.8 Å². The lowest BCUT2D eigenvalue weighted by Crippen LogP contribution is -1.90. The molecule has 100 valence electrons. The second kappa shape index (κ2) is 5.38. The maximum absolute atomic E-state index is 11.0. The first kappa shape index (κ1) is 13.5. The summed E-state index contributed by atoms with van der Waals surface area (Å²) in [7, 11) is 0. The summed E-state index contributed by atoms with van der Waals surface area (Å²) in [6.45, 7) is 3.43. The SMILES string of the molecule is Cc1ccccc1Oc1sc([C@@H](C)O)cc1[N+](=O)[O-]. The van der Waals surface area contributed by atoms with E-state index in [0.29, 0.717) is 10.6 Å². The number of para-hydroxylation sites is 1. The van der Waals surface area contributed by atoms with E-state index >= 15 is 0 Å². The fraction of sp³-hybridized carbons (Fsp3) is 0.231. The maximum atomic E-state index is 11.0. The van der Waals surface area contributed by atoms with E-state index in [0.717, 1.165) is 16.9 Å². The van der Waals surface area contributed by atoms with Gasteiger partial charge < -0.3 is 9.84 Å². The van der Waals surface area contributed by atoms with Crippen LogP contribution in [0.15, 0.2) is 30.3 Å². The van der Waals surface area contributed by atoms with Crippen molar-refractivity contribution in [2.45, 2.75) is 20.0 Å². The summed E-state index contributed by atoms with van der Waals surface area (Å²) in [5.74, 6) is 0.574. The van der Waals surface area contributed by atoms with Crippen molar-refractivity contribution in [1.29, 1.82) is 0 Å². The predicted octanol–water partition coefficient (Wildman–Crippen LogP) is 3.81. The number of rotatable bonds is 4. The van der Waals surface area contributed by atoms with Crippen molar-refractivity contribution in [2.24, 2.45) is 0 Å². The van der Waals surface area contributed by atoms with Crippen molar-refractivity contribution >= 4 is 17.0 Å². The Morgan fingerprint density at radius 1 is 1.42 bits per heavy atom. The van der Waals surface area contributed by atoms with Crippen molar-refractivity contribution in [3.8, 4) is 10.8 Å². The molecule has 0 aliphatic carbocycles. The van der Waals surface area contributed by atoms with E-state index in [4.69, 9.17) is 4.74 Å². The van der Waals surface area contributed by atoms with Gasteiger partial charge in [0.25, 0.3) is 5.06 Å². The number of aliphatic hydroxyl groups excluding tert-OH is 1. The molecular formula is C13H13NO4S. The minimum Gasteiger partial charge on any atom is -0.440 e. The molecule has 19 heavy (non-hydrogen) atoms. The normalized spacial score (nSPS) is 12.2. The first-order valence-corrected chi connectivity index (χ1v) is 6.50. The molecule has 0 radical (unpaired) electrons. The molecule has 0 spiro atoms. The Labute approximate surface area is 114 Å². The summed E-state index contributed by atoms with van der Waals surface area (Å²) in [6.07, 6.45) is -0.752. The van der Waals surface area contributed by atoms with Crippen LogP contribution in [0.2, 0.25) is 0 Å². The topological polar surface area (TPSA) is 72.6 Å². The number of aliphatic hydroxyl groups is 1. The molecule has 0 saturated carbocycles. The minimum atomic E-state index is -0.752. The van der Waals surface area contributed by atoms with Crippen LogP contribution >= 0.6 is 11.3 Å². The molecule has 1 atom stereocenters. The first-order valence-electron chi connectivity index (χ1n) is 5.68. The molecule has 2 rings (SSSR count). The number of hydrogen-bond donors (Lipinski definition) is 1. The van der Waals surface area contributed by atoms with Gasteiger partial charge in [0.2, 0.25) is 0 Å². The predicted molar refractivity (Wildman–Crippen MR) is 72.9 cm³/mol. The highest BCUT2D eigenvalue weighted by molar-refractivity contribution is 7.14. The van der Waals surface area contributed by atoms with Gasteiger partial charge in [-0.2, -0.15) is 0 Å². The maximum Gasteiger partial charge on any atom is 0.323 e. The summed E-state index contributed by atoms with van der Waals surface area (Å²) in [5.41, 5.74) is 0.771. The molecular weight excluding hydrogens is 266 g/mol. The zero-order valence-corrected chi connectivity index (χ0v) is 11.3. The zero-order chi connectivity index (χ0) is 14.0. The van der Waals surface area contributed by atoms with Crippen LogP contribution in [-0.4, -0.2) is 10.0 Å². The molecule has 0 saturated heterocycles. The van der Waals surface area contributed by atoms with Gasteiger partial charge in [-0.3, -0.25) is 10.1 Å². The van der Waals surface area contributed by atoms with Crippen LogP contribution in [0, 0.1) is 17.0 Å². The van der Waals surface area contributed by atoms with Gasteiger partial charge in [0.15, 0.2) is 0 Å². The van der Waals surface area contributed by atoms with Crippen molar-refractivity contribution in [2.75, 3.05) is 0 Å². The average Bonchev–Trinajstić information content (AvgIpc) is 2.76. The quantitative estimate of drug-likeness (QED) is 0.682. The van der Waals surface area contributed by atoms with Gasteiger partial charge in [-0.05, 0) is 25.5 Å². The van der Waals surface area contributed by atoms with E-state index in [2.05, 4.69) is 0 Å². The van der Waals surface area contributed by atoms with Crippen molar-refractivity contribution in [3.63, 3.8) is 0 Å². The number of aryl methyl sites for hydroxylation is 1. The van der Waals surface area contributed by atoms with Gasteiger partial charge in [-0.1, -0.05) is 29.5 Å². The van der Waals surface area contributed by atoms with E-state index < -0.39 is 11.0 Å². The van der Waals surface area contributed by atoms with Gasteiger partial charge in [-0.25, -0.2) is 0 Å². The Morgan fingerprint density at radius 3 is 2.68 bits per heavy atom. The summed E-state index contributed by atoms with van der Waals surface area (Å²) >= 11 is 1.09. The monoisotopic (exact) mass is 279 g/mol. The highest BCUT2D eigenvalue weighted by atomic mass is 32.1. The number of benzene rings is 1. The molecule has 0 aliphatic heterocycles. The standard InChI is InChI=1S/C13H13NO4S/c1-8-5-3-4-6-11(8)18-13-10(14(16)17)7-12(19-13)9(2)15/h3-7,9,15H,1-2H3/t9-/m1/s1. The van der Waals surface area contributed by atoms with E-state index in [1.165, 1.54) is 6.07 Å². The number of thiophene rings is 1. The largest absolute Gasteiger partial charge is 0.440 e. The third-order valence-corrected chi connectivity index (χ3v) is 3.78. The second-order valence-electron chi connectivity index (χ2n) is 4.12. The number of nitrogens with zero attached hydrogens (tertiary/aromatic N) is 1. The van der Waals surface area contributed by atoms with Crippen LogP contribution in [0.1, 0.15) is 23.5 Å². The minimum absolute atomic E-state index is 0.121. The fourth-order valence-electron chi connectivity index (χ4n) is 1.56.